The number of hydrogen-bond acceptors (Lipinski definition) is 6. The van der Waals surface area contributed by atoms with E-state index < -0.39 is 5.97 Å². The summed E-state index contributed by atoms with van der Waals surface area (Å²) in [7, 11) is 1.29. The summed E-state index contributed by atoms with van der Waals surface area (Å²) >= 11 is 0. The molecule has 0 saturated heterocycles. The van der Waals surface area contributed by atoms with Crippen molar-refractivity contribution >= 4 is 11.8 Å². The van der Waals surface area contributed by atoms with Gasteiger partial charge in [0.2, 0.25) is 0 Å². The molecule has 0 bridgehead atoms. The van der Waals surface area contributed by atoms with Crippen molar-refractivity contribution in [3.63, 3.8) is 0 Å². The lowest BCUT2D eigenvalue weighted by Crippen LogP contribution is -2.27. The predicted molar refractivity (Wildman–Crippen MR) is 62.7 cm³/mol. The number of aliphatic hydroxyl groups is 1. The molecular formula is C11H17N3O3. The molecule has 6 nitrogen and oxygen atoms in total. The molecule has 17 heavy (non-hydrogen) atoms. The number of ether oxygens (including phenoxy) is 1. The molecular weight excluding hydrogens is 222 g/mol. The third-order valence-electron chi connectivity index (χ3n) is 2.24. The minimum absolute atomic E-state index is 0.0771. The van der Waals surface area contributed by atoms with Crippen LogP contribution in [0, 0.1) is 5.41 Å². The Kier molecular flexibility index (Phi) is 4.39. The number of anilines is 1. The Labute approximate surface area is 100 Å². The van der Waals surface area contributed by atoms with Crippen LogP contribution in [-0.4, -0.2) is 41.5 Å². The van der Waals surface area contributed by atoms with Crippen molar-refractivity contribution < 1.29 is 14.6 Å². The first-order chi connectivity index (χ1) is 7.98. The van der Waals surface area contributed by atoms with Crippen molar-refractivity contribution in [3.8, 4) is 0 Å². The zero-order valence-electron chi connectivity index (χ0n) is 10.2. The van der Waals surface area contributed by atoms with Crippen LogP contribution in [0.4, 0.5) is 5.82 Å². The fourth-order valence-electron chi connectivity index (χ4n) is 1.03. The van der Waals surface area contributed by atoms with Gasteiger partial charge in [0.05, 0.1) is 7.11 Å². The van der Waals surface area contributed by atoms with Crippen molar-refractivity contribution in [2.45, 2.75) is 13.8 Å². The fraction of sp³-hybridized carbons (Fsp3) is 0.545. The Morgan fingerprint density at radius 2 is 2.18 bits per heavy atom. The molecule has 0 spiro atoms. The molecule has 2 N–H and O–H groups in total. The van der Waals surface area contributed by atoms with Crippen LogP contribution in [0.25, 0.3) is 0 Å². The van der Waals surface area contributed by atoms with E-state index in [9.17, 15) is 4.79 Å². The summed E-state index contributed by atoms with van der Waals surface area (Å²) in [6.07, 6.45) is 0. The monoisotopic (exact) mass is 239 g/mol. The lowest BCUT2D eigenvalue weighted by molar-refractivity contribution is 0.0593. The minimum atomic E-state index is -0.514. The highest BCUT2D eigenvalue weighted by molar-refractivity contribution is 5.86. The van der Waals surface area contributed by atoms with E-state index in [2.05, 4.69) is 20.3 Å². The number of rotatable bonds is 5. The van der Waals surface area contributed by atoms with Gasteiger partial charge in [-0.3, -0.25) is 0 Å². The molecule has 1 aromatic heterocycles. The van der Waals surface area contributed by atoms with E-state index in [0.29, 0.717) is 12.4 Å². The van der Waals surface area contributed by atoms with Crippen LogP contribution in [0.15, 0.2) is 12.1 Å². The highest BCUT2D eigenvalue weighted by atomic mass is 16.5. The van der Waals surface area contributed by atoms with Gasteiger partial charge in [0.1, 0.15) is 5.82 Å². The molecule has 1 rings (SSSR count). The van der Waals surface area contributed by atoms with Crippen LogP contribution in [0.3, 0.4) is 0 Å². The van der Waals surface area contributed by atoms with Gasteiger partial charge in [-0.1, -0.05) is 13.8 Å². The third-order valence-corrected chi connectivity index (χ3v) is 2.24. The van der Waals surface area contributed by atoms with Gasteiger partial charge in [0.25, 0.3) is 0 Å². The first-order valence-corrected chi connectivity index (χ1v) is 5.25. The number of aliphatic hydroxyl groups excluding tert-OH is 1. The molecule has 1 aromatic rings. The maximum Gasteiger partial charge on any atom is 0.358 e. The molecule has 0 aliphatic heterocycles. The second kappa shape index (κ2) is 5.58. The van der Waals surface area contributed by atoms with Crippen LogP contribution in [0.5, 0.6) is 0 Å². The molecule has 0 aromatic carbocycles. The van der Waals surface area contributed by atoms with E-state index in [0.717, 1.165) is 0 Å². The third kappa shape index (κ3) is 3.99. The topological polar surface area (TPSA) is 84.3 Å². The average molecular weight is 239 g/mol. The number of methoxy groups -OCH3 is 1. The number of esters is 1. The highest BCUT2D eigenvalue weighted by Gasteiger charge is 2.16. The van der Waals surface area contributed by atoms with E-state index in [1.165, 1.54) is 13.2 Å². The van der Waals surface area contributed by atoms with Gasteiger partial charge >= 0.3 is 5.97 Å². The van der Waals surface area contributed by atoms with Crippen molar-refractivity contribution in [1.82, 2.24) is 10.2 Å². The molecule has 6 heteroatoms. The maximum absolute atomic E-state index is 11.1. The fourth-order valence-corrected chi connectivity index (χ4v) is 1.03. The molecule has 94 valence electrons. The first-order valence-electron chi connectivity index (χ1n) is 5.25. The van der Waals surface area contributed by atoms with Gasteiger partial charge in [-0.05, 0) is 12.1 Å². The maximum atomic E-state index is 11.1. The summed E-state index contributed by atoms with van der Waals surface area (Å²) in [6, 6.07) is 3.18. The summed E-state index contributed by atoms with van der Waals surface area (Å²) < 4.78 is 4.51. The van der Waals surface area contributed by atoms with Crippen molar-refractivity contribution in [2.75, 3.05) is 25.6 Å². The largest absolute Gasteiger partial charge is 0.464 e. The van der Waals surface area contributed by atoms with E-state index in [-0.39, 0.29) is 17.7 Å². The van der Waals surface area contributed by atoms with Gasteiger partial charge in [-0.2, -0.15) is 0 Å². The standard InChI is InChI=1S/C11H17N3O3/c1-11(2,7-15)6-12-9-5-4-8(13-14-9)10(16)17-3/h4-5,15H,6-7H2,1-3H3,(H,12,14). The second-order valence-corrected chi connectivity index (χ2v) is 4.47. The van der Waals surface area contributed by atoms with E-state index in [4.69, 9.17) is 5.11 Å². The summed E-state index contributed by atoms with van der Waals surface area (Å²) in [6.45, 7) is 4.50. The molecule has 0 aliphatic rings. The predicted octanol–water partition coefficient (Wildman–Crippen LogP) is 0.694. The van der Waals surface area contributed by atoms with Gasteiger partial charge in [0, 0.05) is 18.6 Å². The lowest BCUT2D eigenvalue weighted by atomic mass is 9.95. The Hall–Kier alpha value is -1.69. The Balaban J connectivity index is 2.60. The number of nitrogens with zero attached hydrogens (tertiary/aromatic N) is 2. The Bertz CT molecular complexity index is 376. The average Bonchev–Trinajstić information content (AvgIpc) is 2.36. The molecule has 0 fully saturated rings. The highest BCUT2D eigenvalue weighted by Crippen LogP contribution is 2.14. The number of hydrogen-bond donors (Lipinski definition) is 2. The number of carbonyl (C=O) groups is 1. The molecule has 0 amide bonds. The molecule has 0 aliphatic carbocycles. The lowest BCUT2D eigenvalue weighted by Gasteiger charge is -2.21. The van der Waals surface area contributed by atoms with Crippen LogP contribution in [0.1, 0.15) is 24.3 Å². The van der Waals surface area contributed by atoms with E-state index in [1.807, 2.05) is 13.8 Å². The van der Waals surface area contributed by atoms with Crippen LogP contribution < -0.4 is 5.32 Å². The SMILES string of the molecule is COC(=O)c1ccc(NCC(C)(C)CO)nn1. The first kappa shape index (κ1) is 13.4. The molecule has 0 atom stereocenters. The van der Waals surface area contributed by atoms with Crippen molar-refractivity contribution in [2.24, 2.45) is 5.41 Å². The Morgan fingerprint density at radius 3 is 2.65 bits per heavy atom. The zero-order chi connectivity index (χ0) is 12.9. The number of nitrogens with one attached hydrogen (secondary N) is 1. The molecule has 0 radical (unpaired) electrons. The summed E-state index contributed by atoms with van der Waals surface area (Å²) in [5.41, 5.74) is -0.0673. The van der Waals surface area contributed by atoms with Crippen LogP contribution in [0.2, 0.25) is 0 Å². The quantitative estimate of drug-likeness (QED) is 0.735. The molecule has 1 heterocycles. The van der Waals surface area contributed by atoms with Crippen LogP contribution >= 0.6 is 0 Å². The summed E-state index contributed by atoms with van der Waals surface area (Å²) in [5.74, 6) is 0.0407. The van der Waals surface area contributed by atoms with Gasteiger partial charge < -0.3 is 15.2 Å². The van der Waals surface area contributed by atoms with Gasteiger partial charge in [-0.25, -0.2) is 4.79 Å². The molecule has 0 saturated carbocycles. The molecule has 0 unspecified atom stereocenters. The van der Waals surface area contributed by atoms with Crippen molar-refractivity contribution in [1.29, 1.82) is 0 Å². The zero-order valence-corrected chi connectivity index (χ0v) is 10.2. The van der Waals surface area contributed by atoms with Crippen molar-refractivity contribution in [3.05, 3.63) is 17.8 Å². The summed E-state index contributed by atoms with van der Waals surface area (Å²) in [5, 5.41) is 19.7. The number of carbonyl (C=O) groups excluding carboxylic acids is 1. The van der Waals surface area contributed by atoms with Crippen LogP contribution in [-0.2, 0) is 4.74 Å². The second-order valence-electron chi connectivity index (χ2n) is 4.47. The smallest absolute Gasteiger partial charge is 0.358 e. The van der Waals surface area contributed by atoms with E-state index >= 15 is 0 Å². The Morgan fingerprint density at radius 1 is 1.47 bits per heavy atom. The van der Waals surface area contributed by atoms with Gasteiger partial charge in [-0.15, -0.1) is 10.2 Å². The minimum Gasteiger partial charge on any atom is -0.464 e. The van der Waals surface area contributed by atoms with E-state index in [1.54, 1.807) is 6.07 Å². The number of aromatic nitrogens is 2. The van der Waals surface area contributed by atoms with Gasteiger partial charge in [0.15, 0.2) is 5.69 Å². The summed E-state index contributed by atoms with van der Waals surface area (Å²) in [4.78, 5) is 11.1. The normalized spacial score (nSPS) is 11.1.